The van der Waals surface area contributed by atoms with Crippen molar-refractivity contribution in [1.29, 1.82) is 0 Å². The number of hydrogen-bond acceptors (Lipinski definition) is 5. The van der Waals surface area contributed by atoms with E-state index in [0.717, 1.165) is 83.7 Å². The van der Waals surface area contributed by atoms with Gasteiger partial charge in [0, 0.05) is 0 Å². The number of allylic oxidation sites excluding steroid dienone is 5. The number of fused-ring (bicyclic) bond motifs is 2. The van der Waals surface area contributed by atoms with Gasteiger partial charge in [-0.2, -0.15) is 0 Å². The maximum atomic E-state index is 11.8. The van der Waals surface area contributed by atoms with Crippen molar-refractivity contribution in [2.75, 3.05) is 0 Å². The van der Waals surface area contributed by atoms with Gasteiger partial charge in [0.25, 0.3) is 0 Å². The fraction of sp³-hybridized carbons (Fsp3) is 0.229. The van der Waals surface area contributed by atoms with Crippen LogP contribution in [0.3, 0.4) is 0 Å². The van der Waals surface area contributed by atoms with E-state index >= 15 is 0 Å². The molecule has 13 heteroatoms. The molecular formula is C35H34ClFeN4O7. The summed E-state index contributed by atoms with van der Waals surface area (Å²) < 4.78 is 4.25. The molecule has 0 saturated heterocycles. The first-order valence-electron chi connectivity index (χ1n) is 14.9. The molecule has 0 atom stereocenters. The number of hydrogen-bond donors (Lipinski definition) is 4. The molecule has 2 aromatic rings. The van der Waals surface area contributed by atoms with E-state index in [9.17, 15) is 19.8 Å². The van der Waals surface area contributed by atoms with Crippen molar-refractivity contribution in [2.24, 2.45) is 9.98 Å². The predicted octanol–water partition coefficient (Wildman–Crippen LogP) is 5.65. The van der Waals surface area contributed by atoms with Crippen molar-refractivity contribution in [2.45, 2.75) is 53.4 Å². The average Bonchev–Trinajstić information content (AvgIpc) is 3.64. The Labute approximate surface area is 285 Å². The molecule has 251 valence electrons. The van der Waals surface area contributed by atoms with Crippen molar-refractivity contribution in [1.82, 2.24) is 7.17 Å². The molecule has 0 spiro atoms. The third-order valence-corrected chi connectivity index (χ3v) is 11.5. The average molecular weight is 714 g/mol. The van der Waals surface area contributed by atoms with E-state index in [1.54, 1.807) is 0 Å². The van der Waals surface area contributed by atoms with E-state index in [-0.39, 0.29) is 19.3 Å². The van der Waals surface area contributed by atoms with E-state index in [0.29, 0.717) is 12.1 Å². The van der Waals surface area contributed by atoms with E-state index in [4.69, 9.17) is 35.1 Å². The quantitative estimate of drug-likeness (QED) is 0.257. The van der Waals surface area contributed by atoms with Gasteiger partial charge in [0.1, 0.15) is 0 Å². The molecule has 6 bridgehead atoms. The summed E-state index contributed by atoms with van der Waals surface area (Å²) in [5.41, 5.74) is 12.1. The van der Waals surface area contributed by atoms with Gasteiger partial charge < -0.3 is 10.2 Å². The molecule has 6 heterocycles. The molecule has 2 aromatic heterocycles. The Morgan fingerprint density at radius 3 is 1.94 bits per heavy atom. The molecule has 6 rings (SSSR count). The van der Waals surface area contributed by atoms with Crippen molar-refractivity contribution in [3.63, 3.8) is 0 Å². The zero-order valence-electron chi connectivity index (χ0n) is 26.7. The summed E-state index contributed by atoms with van der Waals surface area (Å²) in [5, 5.41) is 34.7. The summed E-state index contributed by atoms with van der Waals surface area (Å²) >= 11 is -1.91. The number of aromatic nitrogens is 2. The molecule has 0 saturated carbocycles. The second-order valence-electron chi connectivity index (χ2n) is 11.4. The summed E-state index contributed by atoms with van der Waals surface area (Å²) in [6.07, 6.45) is 10.4. The summed E-state index contributed by atoms with van der Waals surface area (Å²) in [7, 11) is 7.69. The number of nitrogens with zero attached hydrogens (tertiary/aromatic N) is 4. The monoisotopic (exact) mass is 713 g/mol. The number of rotatable bonds is 8. The number of aliphatic carboxylic acids is 2. The SMILES string of the molecule is C=CC1=C(C)/C2=C/c3c(C=C)c(C)c4[n]3[Fe]([Cl])[n]3/c(c(C)c(CCC(=O)O)/c3=C/C3=NC(=C\4)/C(C)=C3CCC(=O)O)=C\C1=N2.O=C(O)O. The van der Waals surface area contributed by atoms with Crippen LogP contribution in [-0.4, -0.2) is 57.1 Å². The van der Waals surface area contributed by atoms with Gasteiger partial charge in [-0.05, 0) is 0 Å². The number of carboxylic acid groups (broad SMARTS) is 4. The maximum absolute atomic E-state index is 11.8. The Balaban J connectivity index is 0.00000107. The third-order valence-electron chi connectivity index (χ3n) is 8.67. The topological polar surface area (TPSA) is 167 Å². The largest absolute Gasteiger partial charge is 0.503 e. The fourth-order valence-electron chi connectivity index (χ4n) is 6.26. The molecule has 0 aromatic carbocycles. The van der Waals surface area contributed by atoms with Crippen LogP contribution in [-0.2, 0) is 29.4 Å². The minimum Gasteiger partial charge on any atom is -0.450 e. The Morgan fingerprint density at radius 2 is 1.33 bits per heavy atom. The zero-order chi connectivity index (χ0) is 35.2. The smallest absolute Gasteiger partial charge is 0.450 e. The minimum atomic E-state index is -1.91. The first kappa shape index (κ1) is 34.4. The van der Waals surface area contributed by atoms with Gasteiger partial charge in [-0.1, -0.05) is 0 Å². The molecule has 0 radical (unpaired) electrons. The summed E-state index contributed by atoms with van der Waals surface area (Å²) in [5.74, 6) is -1.78. The summed E-state index contributed by atoms with van der Waals surface area (Å²) in [6, 6.07) is 0. The molecule has 4 N–H and O–H groups in total. The second kappa shape index (κ2) is 13.3. The van der Waals surface area contributed by atoms with E-state index in [2.05, 4.69) is 26.4 Å². The number of carbonyl (C=O) groups is 3. The van der Waals surface area contributed by atoms with Crippen LogP contribution in [0.2, 0.25) is 0 Å². The van der Waals surface area contributed by atoms with E-state index in [1.165, 1.54) is 0 Å². The van der Waals surface area contributed by atoms with Gasteiger partial charge >= 0.3 is 271 Å². The van der Waals surface area contributed by atoms with Crippen LogP contribution in [0.25, 0.3) is 30.4 Å². The molecule has 0 unspecified atom stereocenters. The van der Waals surface area contributed by atoms with Crippen molar-refractivity contribution >= 4 is 70.0 Å². The standard InChI is InChI=1S/C34H34N4O4.CH2O3.ClH.Fe/c1-7-21-17(3)25-13-26-19(5)23(9-11-33(39)40)31(37-26)16-32-24(10-12-34(41)42)20(6)28(38-32)15-30-22(8-2)18(4)27(36-30)14-29(21)35-25;2-1(3)4;;/h7-8,13-16H,1-2,9-12H2,3-6H3,(H4,35,36,37,38,39,40,41,42);(H2,2,3,4);1H;/q;;;+3/p-3/b25-13?,26-13-,27-14-,28-15-,29-14?,30-15?,31-16?,32-16-;;;. The van der Waals surface area contributed by atoms with Crippen LogP contribution < -0.4 is 10.7 Å². The van der Waals surface area contributed by atoms with Crippen LogP contribution in [0.1, 0.15) is 66.8 Å². The zero-order valence-corrected chi connectivity index (χ0v) is 28.6. The van der Waals surface area contributed by atoms with Crippen molar-refractivity contribution < 1.29 is 48.2 Å². The first-order chi connectivity index (χ1) is 22.7. The molecule has 0 amide bonds. The first-order valence-corrected chi connectivity index (χ1v) is 17.4. The summed E-state index contributed by atoms with van der Waals surface area (Å²) in [4.78, 5) is 42.1. The van der Waals surface area contributed by atoms with Crippen LogP contribution in [0.4, 0.5) is 4.79 Å². The van der Waals surface area contributed by atoms with Gasteiger partial charge in [0.2, 0.25) is 0 Å². The Kier molecular flexibility index (Phi) is 9.55. The predicted molar refractivity (Wildman–Crippen MR) is 183 cm³/mol. The van der Waals surface area contributed by atoms with Gasteiger partial charge in [-0.15, -0.1) is 0 Å². The Hall–Kier alpha value is -4.90. The molecule has 0 aliphatic carbocycles. The van der Waals surface area contributed by atoms with Gasteiger partial charge in [-0.3, -0.25) is 0 Å². The number of carboxylic acids is 2. The molecule has 4 aliphatic heterocycles. The van der Waals surface area contributed by atoms with Crippen LogP contribution in [0.5, 0.6) is 0 Å². The molecule has 48 heavy (non-hydrogen) atoms. The van der Waals surface area contributed by atoms with Gasteiger partial charge in [0.05, 0.1) is 0 Å². The molecule has 0 fully saturated rings. The van der Waals surface area contributed by atoms with E-state index < -0.39 is 31.5 Å². The maximum Gasteiger partial charge on any atom is 0.503 e. The van der Waals surface area contributed by atoms with Crippen LogP contribution in [0, 0.1) is 13.8 Å². The van der Waals surface area contributed by atoms with Crippen molar-refractivity contribution in [3.8, 4) is 0 Å². The third kappa shape index (κ3) is 5.98. The van der Waals surface area contributed by atoms with Crippen molar-refractivity contribution in [3.05, 3.63) is 97.3 Å². The van der Waals surface area contributed by atoms with Crippen LogP contribution >= 0.6 is 10.1 Å². The van der Waals surface area contributed by atoms with Gasteiger partial charge in [-0.25, -0.2) is 4.79 Å². The molecule has 11 nitrogen and oxygen atoms in total. The number of aliphatic imine (C=N–C) groups is 2. The Bertz CT molecular complexity index is 2170. The van der Waals surface area contributed by atoms with Crippen LogP contribution in [0.15, 0.2) is 62.9 Å². The van der Waals surface area contributed by atoms with E-state index in [1.807, 2.05) is 58.1 Å². The normalized spacial score (nSPS) is 20.0. The molecular weight excluding hydrogens is 680 g/mol. The number of halogens is 1. The minimum absolute atomic E-state index is 0.0370. The van der Waals surface area contributed by atoms with Gasteiger partial charge in [0.15, 0.2) is 0 Å². The second-order valence-corrected chi connectivity index (χ2v) is 13.9. The molecule has 4 aliphatic rings. The Morgan fingerprint density at radius 1 is 0.771 bits per heavy atom. The fourth-order valence-corrected chi connectivity index (χ4v) is 9.36. The summed E-state index contributed by atoms with van der Waals surface area (Å²) in [6.45, 7) is 16.3.